The maximum Gasteiger partial charge on any atom is 0.244 e. The Bertz CT molecular complexity index is 1210. The minimum Gasteiger partial charge on any atom is -0.352 e. The number of carbonyl (C=O) groups excluding carboxylic acids is 2. The van der Waals surface area contributed by atoms with E-state index in [1.54, 1.807) is 31.2 Å². The lowest BCUT2D eigenvalue weighted by atomic mass is 9.95. The first-order chi connectivity index (χ1) is 17.0. The molecule has 0 saturated heterocycles. The highest BCUT2D eigenvalue weighted by atomic mass is 35.5. The van der Waals surface area contributed by atoms with E-state index in [2.05, 4.69) is 5.32 Å². The molecule has 0 spiro atoms. The third-order valence-electron chi connectivity index (χ3n) is 6.23. The van der Waals surface area contributed by atoms with Gasteiger partial charge in [0.15, 0.2) is 11.6 Å². The fourth-order valence-electron chi connectivity index (χ4n) is 4.24. The molecule has 2 aromatic rings. The molecule has 36 heavy (non-hydrogen) atoms. The molecule has 1 fully saturated rings. The minimum atomic E-state index is -4.05. The quantitative estimate of drug-likeness (QED) is 0.514. The summed E-state index contributed by atoms with van der Waals surface area (Å²) in [5, 5.41) is 3.44. The van der Waals surface area contributed by atoms with Gasteiger partial charge in [-0.3, -0.25) is 13.9 Å². The molecule has 1 aliphatic carbocycles. The Labute approximate surface area is 215 Å². The van der Waals surface area contributed by atoms with E-state index in [9.17, 15) is 26.8 Å². The van der Waals surface area contributed by atoms with E-state index in [0.717, 1.165) is 50.5 Å². The summed E-state index contributed by atoms with van der Waals surface area (Å²) in [7, 11) is -4.05. The number of carbonyl (C=O) groups is 2. The van der Waals surface area contributed by atoms with Crippen LogP contribution in [0.25, 0.3) is 0 Å². The van der Waals surface area contributed by atoms with Gasteiger partial charge < -0.3 is 10.2 Å². The van der Waals surface area contributed by atoms with Gasteiger partial charge in [0.1, 0.15) is 12.6 Å². The Morgan fingerprint density at radius 1 is 1.08 bits per heavy atom. The highest BCUT2D eigenvalue weighted by Crippen LogP contribution is 2.23. The normalized spacial score (nSPS) is 15.2. The first-order valence-corrected chi connectivity index (χ1v) is 14.0. The van der Waals surface area contributed by atoms with Crippen molar-refractivity contribution in [3.8, 4) is 0 Å². The second-order valence-electron chi connectivity index (χ2n) is 9.04. The summed E-state index contributed by atoms with van der Waals surface area (Å²) in [5.41, 5.74) is 0.443. The zero-order valence-electron chi connectivity index (χ0n) is 20.2. The van der Waals surface area contributed by atoms with Gasteiger partial charge in [-0.15, -0.1) is 0 Å². The molecule has 0 aromatic heterocycles. The SMILES string of the molecule is C[C@H](C(=O)NC1CCCCC1)N(Cc1cccc(Cl)c1)C(=O)CN(c1ccc(F)c(F)c1)S(C)(=O)=O. The van der Waals surface area contributed by atoms with Crippen molar-refractivity contribution >= 4 is 39.1 Å². The molecule has 7 nitrogen and oxygen atoms in total. The first kappa shape index (κ1) is 27.9. The molecule has 0 radical (unpaired) electrons. The second kappa shape index (κ2) is 12.0. The molecule has 2 aromatic carbocycles. The fourth-order valence-corrected chi connectivity index (χ4v) is 5.29. The lowest BCUT2D eigenvalue weighted by Crippen LogP contribution is -2.53. The number of benzene rings is 2. The maximum atomic E-state index is 13.8. The van der Waals surface area contributed by atoms with Crippen molar-refractivity contribution < 1.29 is 26.8 Å². The third-order valence-corrected chi connectivity index (χ3v) is 7.61. The molecule has 196 valence electrons. The number of sulfonamides is 1. The summed E-state index contributed by atoms with van der Waals surface area (Å²) in [6, 6.07) is 8.44. The van der Waals surface area contributed by atoms with Crippen molar-refractivity contribution in [3.05, 3.63) is 64.7 Å². The van der Waals surface area contributed by atoms with Crippen LogP contribution in [0.2, 0.25) is 5.02 Å². The Balaban J connectivity index is 1.88. The predicted molar refractivity (Wildman–Crippen MR) is 135 cm³/mol. The van der Waals surface area contributed by atoms with Crippen LogP contribution in [-0.2, 0) is 26.2 Å². The van der Waals surface area contributed by atoms with Gasteiger partial charge in [-0.25, -0.2) is 17.2 Å². The van der Waals surface area contributed by atoms with Gasteiger partial charge in [-0.2, -0.15) is 0 Å². The van der Waals surface area contributed by atoms with Crippen molar-refractivity contribution in [3.63, 3.8) is 0 Å². The topological polar surface area (TPSA) is 86.8 Å². The van der Waals surface area contributed by atoms with Crippen LogP contribution in [0.4, 0.5) is 14.5 Å². The molecule has 2 amide bonds. The maximum absolute atomic E-state index is 13.8. The number of nitrogens with one attached hydrogen (secondary N) is 1. The first-order valence-electron chi connectivity index (χ1n) is 11.7. The van der Waals surface area contributed by atoms with Crippen molar-refractivity contribution in [1.29, 1.82) is 0 Å². The number of hydrogen-bond acceptors (Lipinski definition) is 4. The average Bonchev–Trinajstić information content (AvgIpc) is 2.82. The van der Waals surface area contributed by atoms with E-state index >= 15 is 0 Å². The Morgan fingerprint density at radius 2 is 1.78 bits per heavy atom. The molecule has 0 heterocycles. The van der Waals surface area contributed by atoms with Crippen LogP contribution in [0.3, 0.4) is 0 Å². The van der Waals surface area contributed by atoms with Crippen molar-refractivity contribution in [1.82, 2.24) is 10.2 Å². The molecule has 3 rings (SSSR count). The van der Waals surface area contributed by atoms with E-state index in [-0.39, 0.29) is 24.2 Å². The fraction of sp³-hybridized carbons (Fsp3) is 0.440. The number of anilines is 1. The lowest BCUT2D eigenvalue weighted by molar-refractivity contribution is -0.139. The van der Waals surface area contributed by atoms with E-state index in [4.69, 9.17) is 11.6 Å². The van der Waals surface area contributed by atoms with Gasteiger partial charge in [-0.05, 0) is 49.6 Å². The third kappa shape index (κ3) is 7.39. The Kier molecular flexibility index (Phi) is 9.30. The summed E-state index contributed by atoms with van der Waals surface area (Å²) >= 11 is 6.09. The number of hydrogen-bond donors (Lipinski definition) is 1. The van der Waals surface area contributed by atoms with Crippen LogP contribution in [0.1, 0.15) is 44.6 Å². The molecule has 1 atom stereocenters. The lowest BCUT2D eigenvalue weighted by Gasteiger charge is -2.33. The molecule has 0 unspecified atom stereocenters. The predicted octanol–water partition coefficient (Wildman–Crippen LogP) is 4.25. The van der Waals surface area contributed by atoms with Gasteiger partial charge in [0, 0.05) is 23.7 Å². The van der Waals surface area contributed by atoms with Gasteiger partial charge >= 0.3 is 0 Å². The van der Waals surface area contributed by atoms with Crippen LogP contribution in [0.15, 0.2) is 42.5 Å². The van der Waals surface area contributed by atoms with Gasteiger partial charge in [0.05, 0.1) is 11.9 Å². The highest BCUT2D eigenvalue weighted by molar-refractivity contribution is 7.92. The average molecular weight is 542 g/mol. The van der Waals surface area contributed by atoms with E-state index in [0.29, 0.717) is 21.0 Å². The summed E-state index contributed by atoms with van der Waals surface area (Å²) in [6.07, 6.45) is 5.73. The molecule has 11 heteroatoms. The number of nitrogens with zero attached hydrogens (tertiary/aromatic N) is 2. The molecule has 1 aliphatic rings. The minimum absolute atomic E-state index is 0.00593. The number of amides is 2. The van der Waals surface area contributed by atoms with Crippen molar-refractivity contribution in [2.24, 2.45) is 0 Å². The molecule has 0 aliphatic heterocycles. The Morgan fingerprint density at radius 3 is 2.39 bits per heavy atom. The zero-order chi connectivity index (χ0) is 26.5. The van der Waals surface area contributed by atoms with Crippen LogP contribution in [0, 0.1) is 11.6 Å². The monoisotopic (exact) mass is 541 g/mol. The molecule has 0 bridgehead atoms. The van der Waals surface area contributed by atoms with Crippen LogP contribution >= 0.6 is 11.6 Å². The molecule has 1 N–H and O–H groups in total. The summed E-state index contributed by atoms with van der Waals surface area (Å²) in [6.45, 7) is 0.864. The van der Waals surface area contributed by atoms with Crippen molar-refractivity contribution in [2.45, 2.75) is 57.7 Å². The molecule has 1 saturated carbocycles. The molecular weight excluding hydrogens is 512 g/mol. The second-order valence-corrected chi connectivity index (χ2v) is 11.4. The summed E-state index contributed by atoms with van der Waals surface area (Å²) < 4.78 is 53.0. The van der Waals surface area contributed by atoms with Gasteiger partial charge in [0.25, 0.3) is 0 Å². The van der Waals surface area contributed by atoms with Crippen molar-refractivity contribution in [2.75, 3.05) is 17.1 Å². The zero-order valence-corrected chi connectivity index (χ0v) is 21.8. The Hall–Kier alpha value is -2.72. The van der Waals surface area contributed by atoms with Gasteiger partial charge in [0.2, 0.25) is 21.8 Å². The summed E-state index contributed by atoms with van der Waals surface area (Å²) in [5.74, 6) is -3.42. The largest absolute Gasteiger partial charge is 0.352 e. The van der Waals surface area contributed by atoms with Crippen LogP contribution in [-0.4, -0.2) is 50.0 Å². The van der Waals surface area contributed by atoms with Gasteiger partial charge in [-0.1, -0.05) is 43.0 Å². The highest BCUT2D eigenvalue weighted by Gasteiger charge is 2.31. The smallest absolute Gasteiger partial charge is 0.244 e. The van der Waals surface area contributed by atoms with E-state index in [1.165, 1.54) is 4.90 Å². The van der Waals surface area contributed by atoms with E-state index < -0.39 is 40.2 Å². The number of halogens is 3. The van der Waals surface area contributed by atoms with Crippen LogP contribution < -0.4 is 9.62 Å². The van der Waals surface area contributed by atoms with Crippen LogP contribution in [0.5, 0.6) is 0 Å². The molecular formula is C25H30ClF2N3O4S. The number of rotatable bonds is 9. The van der Waals surface area contributed by atoms with E-state index in [1.807, 2.05) is 0 Å². The standard InChI is InChI=1S/C25H30ClF2N3O4S/c1-17(25(33)29-20-9-4-3-5-10-20)30(15-18-7-6-8-19(26)13-18)24(32)16-31(36(2,34)35)21-11-12-22(27)23(28)14-21/h6-8,11-14,17,20H,3-5,9-10,15-16H2,1-2H3,(H,29,33)/t17-/m1/s1. The summed E-state index contributed by atoms with van der Waals surface area (Å²) in [4.78, 5) is 27.9.